The Balaban J connectivity index is 1.55. The van der Waals surface area contributed by atoms with Crippen molar-refractivity contribution in [3.8, 4) is 34.8 Å². The van der Waals surface area contributed by atoms with Gasteiger partial charge in [0.25, 0.3) is 0 Å². The highest BCUT2D eigenvalue weighted by Crippen LogP contribution is 2.58. The van der Waals surface area contributed by atoms with E-state index in [0.717, 1.165) is 33.4 Å². The van der Waals surface area contributed by atoms with Crippen LogP contribution < -0.4 is 29.0 Å². The molecule has 0 radical (unpaired) electrons. The SMILES string of the molecule is C=CCOc1c(C)c2c(c3c1C[C@H]1C4c5c(cc(C)c(OC)c5OCOC)CC([C@H](C#N)N1C3CNC(=O)OCC(Cl)(Cl)Cl)N4C)OCO2. The molecule has 12 nitrogen and oxygen atoms in total. The number of hydrogen-bond donors (Lipinski definition) is 1. The fourth-order valence-electron chi connectivity index (χ4n) is 7.98. The first kappa shape index (κ1) is 35.5. The largest absolute Gasteiger partial charge is 0.493 e. The average molecular weight is 738 g/mol. The molecule has 1 amide bonds. The fraction of sp³-hybridized carbons (Fsp3) is 0.529. The number of carbonyl (C=O) groups excluding carboxylic acids is 1. The highest BCUT2D eigenvalue weighted by atomic mass is 35.6. The van der Waals surface area contributed by atoms with Crippen LogP contribution in [0.25, 0.3) is 0 Å². The zero-order valence-corrected chi connectivity index (χ0v) is 30.2. The molecule has 2 aromatic carbocycles. The lowest BCUT2D eigenvalue weighted by Gasteiger charge is -2.60. The van der Waals surface area contributed by atoms with Gasteiger partial charge in [-0.2, -0.15) is 5.26 Å². The van der Waals surface area contributed by atoms with Gasteiger partial charge in [-0.15, -0.1) is 0 Å². The Kier molecular flexibility index (Phi) is 10.2. The summed E-state index contributed by atoms with van der Waals surface area (Å²) >= 11 is 17.5. The van der Waals surface area contributed by atoms with Crippen LogP contribution in [0.15, 0.2) is 18.7 Å². The van der Waals surface area contributed by atoms with Crippen molar-refractivity contribution in [3.05, 3.63) is 52.1 Å². The van der Waals surface area contributed by atoms with Crippen LogP contribution in [-0.4, -0.2) is 92.4 Å². The summed E-state index contributed by atoms with van der Waals surface area (Å²) in [4.78, 5) is 17.4. The summed E-state index contributed by atoms with van der Waals surface area (Å²) in [5.74, 6) is 2.99. The molecule has 15 heteroatoms. The number of alkyl carbamates (subject to hydrolysis) is 1. The topological polar surface area (TPSA) is 124 Å². The zero-order valence-electron chi connectivity index (χ0n) is 27.9. The van der Waals surface area contributed by atoms with Crippen LogP contribution in [0.5, 0.6) is 28.7 Å². The Labute approximate surface area is 300 Å². The lowest BCUT2D eigenvalue weighted by Crippen LogP contribution is -2.68. The van der Waals surface area contributed by atoms with Crippen molar-refractivity contribution in [1.82, 2.24) is 15.1 Å². The normalized spacial score (nSPS) is 23.8. The maximum Gasteiger partial charge on any atom is 0.407 e. The number of nitrogens with one attached hydrogen (secondary N) is 1. The fourth-order valence-corrected chi connectivity index (χ4v) is 8.15. The number of halogens is 3. The summed E-state index contributed by atoms with van der Waals surface area (Å²) in [6.07, 6.45) is 1.96. The van der Waals surface area contributed by atoms with E-state index >= 15 is 0 Å². The van der Waals surface area contributed by atoms with Crippen LogP contribution in [0.4, 0.5) is 4.79 Å². The summed E-state index contributed by atoms with van der Waals surface area (Å²) < 4.78 is 39.4. The Morgan fingerprint density at radius 1 is 1.12 bits per heavy atom. The lowest BCUT2D eigenvalue weighted by atomic mass is 9.71. The highest BCUT2D eigenvalue weighted by molar-refractivity contribution is 6.67. The molecule has 6 rings (SSSR count). The van der Waals surface area contributed by atoms with E-state index in [0.29, 0.717) is 41.6 Å². The molecular weight excluding hydrogens is 699 g/mol. The number of fused-ring (bicyclic) bond motifs is 9. The third-order valence-electron chi connectivity index (χ3n) is 9.72. The molecule has 4 aliphatic rings. The van der Waals surface area contributed by atoms with Gasteiger partial charge in [-0.3, -0.25) is 9.80 Å². The van der Waals surface area contributed by atoms with E-state index in [1.54, 1.807) is 20.3 Å². The van der Waals surface area contributed by atoms with Gasteiger partial charge in [0, 0.05) is 48.0 Å². The van der Waals surface area contributed by atoms with E-state index in [2.05, 4.69) is 33.8 Å². The number of piperazine rings is 1. The second-order valence-electron chi connectivity index (χ2n) is 12.5. The summed E-state index contributed by atoms with van der Waals surface area (Å²) in [6, 6.07) is 2.83. The van der Waals surface area contributed by atoms with Gasteiger partial charge in [0.2, 0.25) is 10.6 Å². The third kappa shape index (κ3) is 6.30. The van der Waals surface area contributed by atoms with Gasteiger partial charge in [0.05, 0.1) is 25.3 Å². The predicted molar refractivity (Wildman–Crippen MR) is 182 cm³/mol. The molecule has 0 saturated carbocycles. The number of methoxy groups -OCH3 is 2. The number of ether oxygens (including phenoxy) is 7. The second-order valence-corrected chi connectivity index (χ2v) is 15.0. The average Bonchev–Trinajstić information content (AvgIpc) is 3.55. The quantitative estimate of drug-likeness (QED) is 0.190. The number of aryl methyl sites for hydroxylation is 1. The molecule has 5 atom stereocenters. The number of rotatable bonds is 10. The first-order valence-electron chi connectivity index (χ1n) is 15.8. The van der Waals surface area contributed by atoms with Crippen LogP contribution in [0.1, 0.15) is 45.5 Å². The van der Waals surface area contributed by atoms with E-state index < -0.39 is 28.6 Å². The van der Waals surface area contributed by atoms with Crippen LogP contribution in [0, 0.1) is 25.2 Å². The van der Waals surface area contributed by atoms with Crippen molar-refractivity contribution >= 4 is 40.9 Å². The van der Waals surface area contributed by atoms with Crippen LogP contribution in [-0.2, 0) is 22.3 Å². The van der Waals surface area contributed by atoms with Gasteiger partial charge in [-0.25, -0.2) is 4.79 Å². The van der Waals surface area contributed by atoms with Crippen LogP contribution in [0.3, 0.4) is 0 Å². The summed E-state index contributed by atoms with van der Waals surface area (Å²) in [6.45, 7) is 7.66. The number of carbonyl (C=O) groups is 1. The first-order valence-corrected chi connectivity index (χ1v) is 17.0. The van der Waals surface area contributed by atoms with Gasteiger partial charge < -0.3 is 38.5 Å². The van der Waals surface area contributed by atoms with Crippen molar-refractivity contribution in [3.63, 3.8) is 0 Å². The number of alkyl halides is 3. The van der Waals surface area contributed by atoms with Gasteiger partial charge in [-0.1, -0.05) is 53.5 Å². The monoisotopic (exact) mass is 736 g/mol. The van der Waals surface area contributed by atoms with Crippen molar-refractivity contribution in [1.29, 1.82) is 5.26 Å². The molecule has 4 aliphatic heterocycles. The summed E-state index contributed by atoms with van der Waals surface area (Å²) in [7, 11) is 5.24. The molecule has 49 heavy (non-hydrogen) atoms. The Morgan fingerprint density at radius 2 is 1.88 bits per heavy atom. The maximum atomic E-state index is 13.0. The number of benzene rings is 2. The van der Waals surface area contributed by atoms with Gasteiger partial charge in [0.1, 0.15) is 25.0 Å². The zero-order chi connectivity index (χ0) is 35.2. The van der Waals surface area contributed by atoms with Crippen molar-refractivity contribution in [2.45, 2.75) is 60.7 Å². The molecule has 1 fully saturated rings. The minimum absolute atomic E-state index is 0.0186. The number of amides is 1. The van der Waals surface area contributed by atoms with E-state index in [4.69, 9.17) is 68.0 Å². The van der Waals surface area contributed by atoms with Gasteiger partial charge in [-0.05, 0) is 44.9 Å². The molecule has 3 unspecified atom stereocenters. The molecule has 1 saturated heterocycles. The van der Waals surface area contributed by atoms with E-state index in [1.807, 2.05) is 20.9 Å². The second kappa shape index (κ2) is 14.1. The minimum atomic E-state index is -1.78. The molecule has 0 spiro atoms. The lowest BCUT2D eigenvalue weighted by molar-refractivity contribution is -0.0731. The Morgan fingerprint density at radius 3 is 2.55 bits per heavy atom. The van der Waals surface area contributed by atoms with E-state index in [-0.39, 0.29) is 44.9 Å². The predicted octanol–water partition coefficient (Wildman–Crippen LogP) is 5.46. The Bertz CT molecular complexity index is 1680. The molecule has 2 bridgehead atoms. The molecule has 4 heterocycles. The number of likely N-dealkylation sites (N-methyl/N-ethyl adjacent to an activating group) is 1. The molecule has 1 N–H and O–H groups in total. The molecule has 2 aromatic rings. The first-order chi connectivity index (χ1) is 23.4. The molecule has 264 valence electrons. The Hall–Kier alpha value is -3.31. The third-order valence-corrected chi connectivity index (χ3v) is 10.0. The van der Waals surface area contributed by atoms with E-state index in [1.165, 1.54) is 0 Å². The van der Waals surface area contributed by atoms with Crippen LogP contribution in [0.2, 0.25) is 0 Å². The number of nitriles is 1. The van der Waals surface area contributed by atoms with Crippen molar-refractivity contribution in [2.24, 2.45) is 0 Å². The standard InChI is InChI=1S/C34H39Cl3N4O8/c1-7-8-45-29-18(3)30-32(49-16-48-30)26-20(29)11-22-27-25-19(9-17(2)28(44-6)31(25)47-15-43-5)10-21(40(27)4)23(12-38)41(22)24(26)13-39-33(42)46-14-34(35,36)37/h7,9,21-24,27H,1,8,10-11,13-16H2,2-6H3,(H,39,42)/t21?,22-,23-,24?,27?/m0/s1. The van der Waals surface area contributed by atoms with Crippen molar-refractivity contribution < 1.29 is 38.0 Å². The van der Waals surface area contributed by atoms with Crippen molar-refractivity contribution in [2.75, 3.05) is 54.6 Å². The summed E-state index contributed by atoms with van der Waals surface area (Å²) in [5, 5.41) is 13.8. The molecular formula is C34H39Cl3N4O8. The van der Waals surface area contributed by atoms with Crippen LogP contribution >= 0.6 is 34.8 Å². The summed E-state index contributed by atoms with van der Waals surface area (Å²) in [5.41, 5.74) is 5.43. The molecule has 0 aliphatic carbocycles. The van der Waals surface area contributed by atoms with E-state index in [9.17, 15) is 10.1 Å². The number of hydrogen-bond acceptors (Lipinski definition) is 11. The minimum Gasteiger partial charge on any atom is -0.493 e. The number of nitrogens with zero attached hydrogens (tertiary/aromatic N) is 3. The molecule has 0 aromatic heterocycles. The van der Waals surface area contributed by atoms with Gasteiger partial charge >= 0.3 is 6.09 Å². The highest BCUT2D eigenvalue weighted by Gasteiger charge is 2.57. The maximum absolute atomic E-state index is 13.0. The van der Waals surface area contributed by atoms with Gasteiger partial charge in [0.15, 0.2) is 29.8 Å². The smallest absolute Gasteiger partial charge is 0.407 e.